The first-order valence-corrected chi connectivity index (χ1v) is 10.9. The van der Waals surface area contributed by atoms with Crippen LogP contribution in [-0.2, 0) is 13.1 Å². The maximum Gasteiger partial charge on any atom is 0.159 e. The zero-order valence-electron chi connectivity index (χ0n) is 18.4. The van der Waals surface area contributed by atoms with Gasteiger partial charge in [-0.1, -0.05) is 42.2 Å². The monoisotopic (exact) mass is 446 g/mol. The van der Waals surface area contributed by atoms with E-state index in [0.29, 0.717) is 24.4 Å². The Morgan fingerprint density at radius 2 is 1.82 bits per heavy atom. The third-order valence-corrected chi connectivity index (χ3v) is 5.90. The van der Waals surface area contributed by atoms with Crippen molar-refractivity contribution in [1.82, 2.24) is 24.5 Å². The number of hydrogen-bond acceptors (Lipinski definition) is 4. The number of hydrogen-bond donors (Lipinski definition) is 0. The molecule has 3 heterocycles. The molecule has 6 nitrogen and oxygen atoms in total. The number of aliphatic imine (C=N–C) groups is 1. The zero-order valence-corrected chi connectivity index (χ0v) is 18.4. The molecule has 0 aliphatic carbocycles. The van der Waals surface area contributed by atoms with Gasteiger partial charge < -0.3 is 0 Å². The van der Waals surface area contributed by atoms with Crippen LogP contribution in [0.4, 0.5) is 4.39 Å². The predicted molar refractivity (Wildman–Crippen MR) is 128 cm³/mol. The molecule has 0 spiro atoms. The van der Waals surface area contributed by atoms with Crippen LogP contribution < -0.4 is 0 Å². The molecule has 1 aliphatic heterocycles. The SMILES string of the molecule is Cc1nnc2n1-c1ccc(C#CCn3ncc4ccccc43)cc1C(c1ccccc1F)=NC2. The summed E-state index contributed by atoms with van der Waals surface area (Å²) in [5.41, 5.74) is 4.55. The van der Waals surface area contributed by atoms with E-state index < -0.39 is 0 Å². The first-order chi connectivity index (χ1) is 16.7. The molecule has 3 aromatic carbocycles. The van der Waals surface area contributed by atoms with Gasteiger partial charge in [0.05, 0.1) is 23.1 Å². The minimum Gasteiger partial charge on any atom is -0.281 e. The Hall–Kier alpha value is -4.57. The van der Waals surface area contributed by atoms with Crippen molar-refractivity contribution in [3.63, 3.8) is 0 Å². The Labute approximate surface area is 195 Å². The summed E-state index contributed by atoms with van der Waals surface area (Å²) in [6, 6.07) is 20.6. The highest BCUT2D eigenvalue weighted by atomic mass is 19.1. The number of benzene rings is 3. The van der Waals surface area contributed by atoms with Gasteiger partial charge in [0.15, 0.2) is 5.82 Å². The van der Waals surface area contributed by atoms with E-state index in [2.05, 4.69) is 27.1 Å². The van der Waals surface area contributed by atoms with Gasteiger partial charge in [-0.25, -0.2) is 4.39 Å². The van der Waals surface area contributed by atoms with Gasteiger partial charge in [0.2, 0.25) is 0 Å². The van der Waals surface area contributed by atoms with Crippen LogP contribution in [0, 0.1) is 24.6 Å². The van der Waals surface area contributed by atoms with E-state index in [0.717, 1.165) is 39.4 Å². The highest BCUT2D eigenvalue weighted by Crippen LogP contribution is 2.27. The Kier molecular flexibility index (Phi) is 4.77. The molecular formula is C27H19FN6. The minimum atomic E-state index is -0.316. The summed E-state index contributed by atoms with van der Waals surface area (Å²) < 4.78 is 18.6. The third kappa shape index (κ3) is 3.37. The maximum atomic E-state index is 14.8. The molecule has 0 saturated carbocycles. The number of aromatic nitrogens is 5. The number of halogens is 1. The lowest BCUT2D eigenvalue weighted by molar-refractivity contribution is 0.625. The first kappa shape index (κ1) is 20.1. The second kappa shape index (κ2) is 8.09. The fraction of sp³-hybridized carbons (Fsp3) is 0.111. The highest BCUT2D eigenvalue weighted by molar-refractivity contribution is 6.15. The van der Waals surface area contributed by atoms with E-state index in [1.807, 2.05) is 70.9 Å². The zero-order chi connectivity index (χ0) is 23.1. The predicted octanol–water partition coefficient (Wildman–Crippen LogP) is 4.47. The summed E-state index contributed by atoms with van der Waals surface area (Å²) >= 11 is 0. The minimum absolute atomic E-state index is 0.312. The van der Waals surface area contributed by atoms with Crippen LogP contribution in [0.3, 0.4) is 0 Å². The van der Waals surface area contributed by atoms with Crippen molar-refractivity contribution >= 4 is 16.6 Å². The summed E-state index contributed by atoms with van der Waals surface area (Å²) in [6.07, 6.45) is 1.84. The van der Waals surface area contributed by atoms with Crippen molar-refractivity contribution in [2.75, 3.05) is 0 Å². The molecule has 0 fully saturated rings. The van der Waals surface area contributed by atoms with E-state index >= 15 is 0 Å². The lowest BCUT2D eigenvalue weighted by Crippen LogP contribution is -2.10. The summed E-state index contributed by atoms with van der Waals surface area (Å²) in [5.74, 6) is 7.61. The Morgan fingerprint density at radius 1 is 0.971 bits per heavy atom. The molecule has 0 radical (unpaired) electrons. The Balaban J connectivity index is 1.43. The molecule has 164 valence electrons. The summed E-state index contributed by atoms with van der Waals surface area (Å²) in [7, 11) is 0. The molecule has 0 N–H and O–H groups in total. The molecule has 0 amide bonds. The number of nitrogens with zero attached hydrogens (tertiary/aromatic N) is 6. The van der Waals surface area contributed by atoms with Gasteiger partial charge in [-0.3, -0.25) is 14.2 Å². The fourth-order valence-electron chi connectivity index (χ4n) is 4.31. The molecule has 34 heavy (non-hydrogen) atoms. The lowest BCUT2D eigenvalue weighted by atomic mass is 9.98. The number of rotatable bonds is 2. The van der Waals surface area contributed by atoms with Crippen LogP contribution in [0.2, 0.25) is 0 Å². The quantitative estimate of drug-likeness (QED) is 0.376. The van der Waals surface area contributed by atoms with Crippen molar-refractivity contribution in [3.8, 4) is 17.5 Å². The van der Waals surface area contributed by atoms with Crippen molar-refractivity contribution < 1.29 is 4.39 Å². The molecule has 0 saturated heterocycles. The van der Waals surface area contributed by atoms with E-state index in [1.165, 1.54) is 6.07 Å². The van der Waals surface area contributed by atoms with Crippen molar-refractivity contribution in [1.29, 1.82) is 0 Å². The summed E-state index contributed by atoms with van der Waals surface area (Å²) in [5, 5.41) is 14.0. The molecule has 2 aromatic heterocycles. The molecule has 0 unspecified atom stereocenters. The maximum absolute atomic E-state index is 14.8. The first-order valence-electron chi connectivity index (χ1n) is 10.9. The Bertz CT molecular complexity index is 1650. The molecular weight excluding hydrogens is 427 g/mol. The largest absolute Gasteiger partial charge is 0.281 e. The fourth-order valence-corrected chi connectivity index (χ4v) is 4.31. The molecule has 0 bridgehead atoms. The summed E-state index contributed by atoms with van der Waals surface area (Å²) in [6.45, 7) is 2.68. The molecule has 7 heteroatoms. The van der Waals surface area contributed by atoms with Crippen LogP contribution in [0.1, 0.15) is 28.3 Å². The van der Waals surface area contributed by atoms with Gasteiger partial charge in [0, 0.05) is 22.1 Å². The topological polar surface area (TPSA) is 60.9 Å². The molecule has 6 rings (SSSR count). The highest BCUT2D eigenvalue weighted by Gasteiger charge is 2.23. The summed E-state index contributed by atoms with van der Waals surface area (Å²) in [4.78, 5) is 4.74. The van der Waals surface area contributed by atoms with Gasteiger partial charge in [-0.15, -0.1) is 10.2 Å². The second-order valence-corrected chi connectivity index (χ2v) is 8.04. The Morgan fingerprint density at radius 3 is 2.74 bits per heavy atom. The standard InChI is InChI=1S/C27H19FN6/c1-18-31-32-26-17-29-27(21-9-3-4-10-23(21)28)22-15-19(12-13-25(22)34(18)26)7-6-14-33-24-11-5-2-8-20(24)16-30-33/h2-5,8-13,15-16H,14,17H2,1H3. The lowest BCUT2D eigenvalue weighted by Gasteiger charge is -2.13. The van der Waals surface area contributed by atoms with Crippen LogP contribution in [0.15, 0.2) is 77.9 Å². The van der Waals surface area contributed by atoms with Gasteiger partial charge in [0.1, 0.15) is 24.7 Å². The van der Waals surface area contributed by atoms with Gasteiger partial charge in [-0.2, -0.15) is 5.10 Å². The van der Waals surface area contributed by atoms with Gasteiger partial charge in [0.25, 0.3) is 0 Å². The molecule has 1 aliphatic rings. The van der Waals surface area contributed by atoms with Gasteiger partial charge in [-0.05, 0) is 43.3 Å². The van der Waals surface area contributed by atoms with E-state index in [4.69, 9.17) is 4.99 Å². The van der Waals surface area contributed by atoms with Gasteiger partial charge >= 0.3 is 0 Å². The van der Waals surface area contributed by atoms with Crippen LogP contribution in [-0.4, -0.2) is 30.3 Å². The molecule has 0 atom stereocenters. The van der Waals surface area contributed by atoms with E-state index in [1.54, 1.807) is 12.1 Å². The van der Waals surface area contributed by atoms with Crippen molar-refractivity contribution in [3.05, 3.63) is 107 Å². The van der Waals surface area contributed by atoms with Crippen molar-refractivity contribution in [2.45, 2.75) is 20.0 Å². The smallest absolute Gasteiger partial charge is 0.159 e. The molecule has 5 aromatic rings. The van der Waals surface area contributed by atoms with E-state index in [9.17, 15) is 4.39 Å². The number of para-hydroxylation sites is 1. The average molecular weight is 446 g/mol. The van der Waals surface area contributed by atoms with Crippen LogP contribution in [0.25, 0.3) is 16.6 Å². The van der Waals surface area contributed by atoms with E-state index in [-0.39, 0.29) is 5.82 Å². The number of aryl methyl sites for hydroxylation is 1. The number of fused-ring (bicyclic) bond motifs is 4. The second-order valence-electron chi connectivity index (χ2n) is 8.04. The van der Waals surface area contributed by atoms with Crippen molar-refractivity contribution in [2.24, 2.45) is 4.99 Å². The van der Waals surface area contributed by atoms with Crippen LogP contribution >= 0.6 is 0 Å². The average Bonchev–Trinajstić information content (AvgIpc) is 3.39. The third-order valence-electron chi connectivity index (χ3n) is 5.90. The normalized spacial score (nSPS) is 12.4. The van der Waals surface area contributed by atoms with Crippen LogP contribution in [0.5, 0.6) is 0 Å².